The molecule has 1 radical (unpaired) electrons. The number of esters is 1. The standard InChI is InChI=1S/C12H12NO3/c1-7-10-8(4-3-5-9(10)14)6-13-11(7)12(15)16-2/h3-4,6,11H,5H2,1-2H3. The van der Waals surface area contributed by atoms with Crippen LogP contribution in [0.4, 0.5) is 0 Å². The fourth-order valence-corrected chi connectivity index (χ4v) is 1.95. The Hall–Kier alpha value is -1.84. The maximum absolute atomic E-state index is 11.8. The molecule has 1 aliphatic heterocycles. The third kappa shape index (κ3) is 1.56. The second kappa shape index (κ2) is 3.96. The highest BCUT2D eigenvalue weighted by Crippen LogP contribution is 2.28. The van der Waals surface area contributed by atoms with Crippen LogP contribution in [0.1, 0.15) is 13.3 Å². The predicted octanol–water partition coefficient (Wildman–Crippen LogP) is 0.875. The van der Waals surface area contributed by atoms with Crippen LogP contribution < -0.4 is 5.32 Å². The summed E-state index contributed by atoms with van der Waals surface area (Å²) in [6, 6.07) is -0.667. The van der Waals surface area contributed by atoms with Crippen LogP contribution in [0.3, 0.4) is 0 Å². The minimum absolute atomic E-state index is 0.0371. The van der Waals surface area contributed by atoms with Crippen LogP contribution in [-0.4, -0.2) is 24.9 Å². The fourth-order valence-electron chi connectivity index (χ4n) is 1.95. The highest BCUT2D eigenvalue weighted by Gasteiger charge is 2.31. The second-order valence-electron chi connectivity index (χ2n) is 3.75. The molecule has 0 N–H and O–H groups in total. The Kier molecular flexibility index (Phi) is 2.64. The minimum Gasteiger partial charge on any atom is -0.467 e. The Morgan fingerprint density at radius 2 is 2.31 bits per heavy atom. The Labute approximate surface area is 93.7 Å². The fraction of sp³-hybridized carbons (Fsp3) is 0.333. The summed E-state index contributed by atoms with van der Waals surface area (Å²) in [5.41, 5.74) is 2.08. The molecule has 1 atom stereocenters. The number of ketones is 1. The highest BCUT2D eigenvalue weighted by atomic mass is 16.5. The van der Waals surface area contributed by atoms with Gasteiger partial charge in [0, 0.05) is 23.8 Å². The third-order valence-electron chi connectivity index (χ3n) is 2.76. The van der Waals surface area contributed by atoms with Gasteiger partial charge in [0.25, 0.3) is 0 Å². The van der Waals surface area contributed by atoms with E-state index >= 15 is 0 Å². The van der Waals surface area contributed by atoms with Crippen LogP contribution in [0.2, 0.25) is 0 Å². The molecule has 83 valence electrons. The van der Waals surface area contributed by atoms with Gasteiger partial charge in [0.05, 0.1) is 7.11 Å². The average molecular weight is 218 g/mol. The van der Waals surface area contributed by atoms with E-state index in [1.54, 1.807) is 19.2 Å². The van der Waals surface area contributed by atoms with Crippen molar-refractivity contribution in [1.82, 2.24) is 5.32 Å². The van der Waals surface area contributed by atoms with Crippen molar-refractivity contribution in [1.29, 1.82) is 0 Å². The molecule has 16 heavy (non-hydrogen) atoms. The Bertz CT molecular complexity index is 443. The van der Waals surface area contributed by atoms with Crippen LogP contribution in [0.15, 0.2) is 35.1 Å². The van der Waals surface area contributed by atoms with Crippen molar-refractivity contribution in [2.24, 2.45) is 0 Å². The molecule has 0 fully saturated rings. The number of nitrogens with zero attached hydrogens (tertiary/aromatic N) is 1. The molecule has 1 heterocycles. The first-order chi connectivity index (χ1) is 7.65. The molecule has 1 unspecified atom stereocenters. The van der Waals surface area contributed by atoms with E-state index in [1.165, 1.54) is 7.11 Å². The topological polar surface area (TPSA) is 57.5 Å². The molecule has 0 aromatic heterocycles. The van der Waals surface area contributed by atoms with Crippen molar-refractivity contribution >= 4 is 11.8 Å². The molecule has 0 aromatic rings. The van der Waals surface area contributed by atoms with E-state index in [0.29, 0.717) is 17.6 Å². The van der Waals surface area contributed by atoms with Gasteiger partial charge in [-0.25, -0.2) is 4.79 Å². The van der Waals surface area contributed by atoms with Crippen LogP contribution >= 0.6 is 0 Å². The summed E-state index contributed by atoms with van der Waals surface area (Å²) in [6.45, 7) is 1.75. The van der Waals surface area contributed by atoms with E-state index in [-0.39, 0.29) is 5.78 Å². The SMILES string of the molecule is COC(=O)C1[N]C=C2C=CCC(=O)C2=C1C. The van der Waals surface area contributed by atoms with Crippen molar-refractivity contribution in [3.8, 4) is 0 Å². The number of hydrogen-bond acceptors (Lipinski definition) is 3. The zero-order chi connectivity index (χ0) is 11.7. The first-order valence-corrected chi connectivity index (χ1v) is 5.04. The van der Waals surface area contributed by atoms with Crippen LogP contribution in [-0.2, 0) is 14.3 Å². The van der Waals surface area contributed by atoms with Gasteiger partial charge in [-0.2, -0.15) is 0 Å². The van der Waals surface area contributed by atoms with Gasteiger partial charge in [-0.3, -0.25) is 10.1 Å². The van der Waals surface area contributed by atoms with Gasteiger partial charge >= 0.3 is 5.97 Å². The molecule has 4 nitrogen and oxygen atoms in total. The van der Waals surface area contributed by atoms with Crippen molar-refractivity contribution in [2.45, 2.75) is 19.4 Å². The predicted molar refractivity (Wildman–Crippen MR) is 57.5 cm³/mol. The second-order valence-corrected chi connectivity index (χ2v) is 3.75. The quantitative estimate of drug-likeness (QED) is 0.614. The molecular formula is C12H12NO3. The lowest BCUT2D eigenvalue weighted by Gasteiger charge is -2.24. The van der Waals surface area contributed by atoms with Crippen LogP contribution in [0, 0.1) is 0 Å². The van der Waals surface area contributed by atoms with Gasteiger partial charge in [0.1, 0.15) is 0 Å². The van der Waals surface area contributed by atoms with Gasteiger partial charge in [0.15, 0.2) is 11.8 Å². The van der Waals surface area contributed by atoms with Gasteiger partial charge in [-0.15, -0.1) is 0 Å². The number of Topliss-reactive ketones (excluding diaryl/α,β-unsaturated/α-hetero) is 1. The number of carbonyl (C=O) groups is 2. The molecule has 0 aromatic carbocycles. The molecule has 2 rings (SSSR count). The Morgan fingerprint density at radius 3 is 3.00 bits per heavy atom. The number of allylic oxidation sites excluding steroid dienone is 4. The normalized spacial score (nSPS) is 23.5. The highest BCUT2D eigenvalue weighted by molar-refractivity contribution is 6.04. The molecular weight excluding hydrogens is 206 g/mol. The number of rotatable bonds is 1. The van der Waals surface area contributed by atoms with Crippen molar-refractivity contribution in [3.05, 3.63) is 35.1 Å². The van der Waals surface area contributed by atoms with E-state index in [2.05, 4.69) is 10.1 Å². The summed E-state index contributed by atoms with van der Waals surface area (Å²) in [5.74, 6) is -0.391. The van der Waals surface area contributed by atoms with E-state index in [4.69, 9.17) is 0 Å². The molecule has 0 spiro atoms. The Morgan fingerprint density at radius 1 is 1.56 bits per heavy atom. The Balaban J connectivity index is 2.42. The first-order valence-electron chi connectivity index (χ1n) is 5.04. The monoisotopic (exact) mass is 218 g/mol. The van der Waals surface area contributed by atoms with Gasteiger partial charge in [-0.05, 0) is 12.5 Å². The van der Waals surface area contributed by atoms with E-state index in [1.807, 2.05) is 6.08 Å². The number of ether oxygens (including phenoxy) is 1. The average Bonchev–Trinajstić information content (AvgIpc) is 2.28. The molecule has 0 amide bonds. The van der Waals surface area contributed by atoms with E-state index < -0.39 is 12.0 Å². The zero-order valence-electron chi connectivity index (χ0n) is 9.19. The molecule has 0 saturated carbocycles. The van der Waals surface area contributed by atoms with Crippen molar-refractivity contribution < 1.29 is 14.3 Å². The maximum Gasteiger partial charge on any atom is 0.334 e. The lowest BCUT2D eigenvalue weighted by atomic mass is 9.86. The van der Waals surface area contributed by atoms with E-state index in [9.17, 15) is 9.59 Å². The number of hydrogen-bond donors (Lipinski definition) is 0. The third-order valence-corrected chi connectivity index (χ3v) is 2.76. The summed E-state index contributed by atoms with van der Waals surface area (Å²) in [4.78, 5) is 23.2. The lowest BCUT2D eigenvalue weighted by Crippen LogP contribution is -2.35. The molecule has 4 heteroatoms. The zero-order valence-corrected chi connectivity index (χ0v) is 9.19. The molecule has 0 bridgehead atoms. The summed E-state index contributed by atoms with van der Waals surface area (Å²) in [7, 11) is 1.32. The van der Waals surface area contributed by atoms with Gasteiger partial charge in [-0.1, -0.05) is 12.2 Å². The number of methoxy groups -OCH3 is 1. The lowest BCUT2D eigenvalue weighted by molar-refractivity contribution is -0.141. The summed E-state index contributed by atoms with van der Waals surface area (Å²) >= 11 is 0. The van der Waals surface area contributed by atoms with Gasteiger partial charge in [0.2, 0.25) is 0 Å². The summed E-state index contributed by atoms with van der Waals surface area (Å²) < 4.78 is 4.65. The first kappa shape index (κ1) is 10.7. The summed E-state index contributed by atoms with van der Waals surface area (Å²) in [5, 5.41) is 4.10. The smallest absolute Gasteiger partial charge is 0.334 e. The molecule has 1 aliphatic carbocycles. The van der Waals surface area contributed by atoms with E-state index in [0.717, 1.165) is 5.57 Å². The van der Waals surface area contributed by atoms with Crippen molar-refractivity contribution in [2.75, 3.05) is 7.11 Å². The number of fused-ring (bicyclic) bond motifs is 1. The molecule has 2 aliphatic rings. The van der Waals surface area contributed by atoms with Crippen LogP contribution in [0.25, 0.3) is 0 Å². The minimum atomic E-state index is -0.667. The largest absolute Gasteiger partial charge is 0.467 e. The number of carbonyl (C=O) groups excluding carboxylic acids is 2. The molecule has 0 saturated heterocycles. The maximum atomic E-state index is 11.8. The summed E-state index contributed by atoms with van der Waals surface area (Å²) in [6.07, 6.45) is 5.62. The van der Waals surface area contributed by atoms with Crippen molar-refractivity contribution in [3.63, 3.8) is 0 Å². The van der Waals surface area contributed by atoms with Gasteiger partial charge < -0.3 is 4.74 Å². The van der Waals surface area contributed by atoms with Crippen LogP contribution in [0.5, 0.6) is 0 Å².